The van der Waals surface area contributed by atoms with Crippen LogP contribution in [0.25, 0.3) is 0 Å². The van der Waals surface area contributed by atoms with Crippen LogP contribution in [0.15, 0.2) is 50.7 Å². The summed E-state index contributed by atoms with van der Waals surface area (Å²) in [6, 6.07) is 10.2. The molecule has 100 valence electrons. The topological polar surface area (TPSA) is 46.9 Å². The monoisotopic (exact) mass is 339 g/mol. The number of aromatic nitrogens is 2. The molecule has 0 unspecified atom stereocenters. The fourth-order valence-electron chi connectivity index (χ4n) is 1.51. The smallest absolute Gasteiger partial charge is 0.282 e. The molecule has 0 saturated heterocycles. The minimum atomic E-state index is -0.138. The number of halogens is 1. The molecule has 0 amide bonds. The third-order valence-electron chi connectivity index (χ3n) is 2.51. The number of anilines is 1. The molecule has 0 saturated carbocycles. The molecule has 0 fully saturated rings. The SMILES string of the molecule is Cn1ncc(NCCSc2ccccc2)c(Br)c1=O. The third kappa shape index (κ3) is 3.84. The Morgan fingerprint density at radius 1 is 1.37 bits per heavy atom. The summed E-state index contributed by atoms with van der Waals surface area (Å²) in [7, 11) is 1.63. The van der Waals surface area contributed by atoms with E-state index in [9.17, 15) is 4.79 Å². The highest BCUT2D eigenvalue weighted by Crippen LogP contribution is 2.18. The lowest BCUT2D eigenvalue weighted by atomic mass is 10.4. The minimum absolute atomic E-state index is 0.138. The molecule has 0 atom stereocenters. The third-order valence-corrected chi connectivity index (χ3v) is 4.29. The molecule has 4 nitrogen and oxygen atoms in total. The second-order valence-corrected chi connectivity index (χ2v) is 5.85. The van der Waals surface area contributed by atoms with Crippen molar-refractivity contribution >= 4 is 33.4 Å². The van der Waals surface area contributed by atoms with E-state index in [0.29, 0.717) is 4.47 Å². The van der Waals surface area contributed by atoms with Gasteiger partial charge in [0.1, 0.15) is 4.47 Å². The van der Waals surface area contributed by atoms with Crippen molar-refractivity contribution in [1.82, 2.24) is 9.78 Å². The first kappa shape index (κ1) is 14.1. The lowest BCUT2D eigenvalue weighted by Crippen LogP contribution is -2.21. The molecule has 2 aromatic rings. The lowest BCUT2D eigenvalue weighted by Gasteiger charge is -2.08. The number of benzene rings is 1. The molecule has 0 aliphatic heterocycles. The average molecular weight is 340 g/mol. The summed E-state index contributed by atoms with van der Waals surface area (Å²) in [4.78, 5) is 12.9. The van der Waals surface area contributed by atoms with Crippen LogP contribution in [0.3, 0.4) is 0 Å². The van der Waals surface area contributed by atoms with E-state index < -0.39 is 0 Å². The standard InChI is InChI=1S/C13H14BrN3OS/c1-17-13(18)12(14)11(9-16-17)15-7-8-19-10-5-3-2-4-6-10/h2-6,9,15H,7-8H2,1H3. The maximum Gasteiger partial charge on any atom is 0.282 e. The summed E-state index contributed by atoms with van der Waals surface area (Å²) in [5.41, 5.74) is 0.595. The number of thioether (sulfide) groups is 1. The summed E-state index contributed by atoms with van der Waals surface area (Å²) in [6.45, 7) is 0.771. The van der Waals surface area contributed by atoms with Crippen molar-refractivity contribution in [1.29, 1.82) is 0 Å². The molecular weight excluding hydrogens is 326 g/mol. The Balaban J connectivity index is 1.87. The summed E-state index contributed by atoms with van der Waals surface area (Å²) < 4.78 is 1.82. The van der Waals surface area contributed by atoms with E-state index in [-0.39, 0.29) is 5.56 Å². The van der Waals surface area contributed by atoms with Crippen LogP contribution < -0.4 is 10.9 Å². The number of hydrogen-bond acceptors (Lipinski definition) is 4. The van der Waals surface area contributed by atoms with Crippen LogP contribution in [0.2, 0.25) is 0 Å². The van der Waals surface area contributed by atoms with E-state index >= 15 is 0 Å². The van der Waals surface area contributed by atoms with Gasteiger partial charge in [0.15, 0.2) is 0 Å². The quantitative estimate of drug-likeness (QED) is 0.672. The Kier molecular flexibility index (Phi) is 5.04. The van der Waals surface area contributed by atoms with Gasteiger partial charge >= 0.3 is 0 Å². The van der Waals surface area contributed by atoms with E-state index in [4.69, 9.17) is 0 Å². The molecule has 0 radical (unpaired) electrons. The van der Waals surface area contributed by atoms with Gasteiger partial charge in [0.2, 0.25) is 0 Å². The van der Waals surface area contributed by atoms with Gasteiger partial charge in [-0.1, -0.05) is 18.2 Å². The Hall–Kier alpha value is -1.27. The molecular formula is C13H14BrN3OS. The zero-order valence-electron chi connectivity index (χ0n) is 10.5. The predicted octanol–water partition coefficient (Wildman–Crippen LogP) is 2.75. The molecule has 2 rings (SSSR count). The molecule has 1 aromatic carbocycles. The van der Waals surface area contributed by atoms with Gasteiger partial charge < -0.3 is 5.32 Å². The highest BCUT2D eigenvalue weighted by molar-refractivity contribution is 9.10. The van der Waals surface area contributed by atoms with Crippen LogP contribution in [-0.4, -0.2) is 22.1 Å². The van der Waals surface area contributed by atoms with E-state index in [1.54, 1.807) is 25.0 Å². The van der Waals surface area contributed by atoms with Crippen LogP contribution >= 0.6 is 27.7 Å². The van der Waals surface area contributed by atoms with Crippen molar-refractivity contribution in [2.24, 2.45) is 7.05 Å². The van der Waals surface area contributed by atoms with E-state index in [1.807, 2.05) is 18.2 Å². The molecule has 0 spiro atoms. The first-order valence-electron chi connectivity index (χ1n) is 5.82. The summed E-state index contributed by atoms with van der Waals surface area (Å²) in [5, 5.41) is 7.19. The number of aryl methyl sites for hydroxylation is 1. The number of rotatable bonds is 5. The van der Waals surface area contributed by atoms with E-state index in [2.05, 4.69) is 38.5 Å². The van der Waals surface area contributed by atoms with Gasteiger partial charge in [0.05, 0.1) is 11.9 Å². The van der Waals surface area contributed by atoms with E-state index in [0.717, 1.165) is 18.0 Å². The summed E-state index contributed by atoms with van der Waals surface area (Å²) in [5.74, 6) is 0.922. The number of nitrogens with one attached hydrogen (secondary N) is 1. The molecule has 1 aromatic heterocycles. The summed E-state index contributed by atoms with van der Waals surface area (Å²) in [6.07, 6.45) is 1.65. The number of nitrogens with zero attached hydrogens (tertiary/aromatic N) is 2. The van der Waals surface area contributed by atoms with Crippen LogP contribution in [0, 0.1) is 0 Å². The highest BCUT2D eigenvalue weighted by atomic mass is 79.9. The minimum Gasteiger partial charge on any atom is -0.382 e. The normalized spacial score (nSPS) is 10.4. The van der Waals surface area contributed by atoms with Gasteiger partial charge in [0, 0.05) is 24.2 Å². The van der Waals surface area contributed by atoms with Crippen molar-refractivity contribution in [2.75, 3.05) is 17.6 Å². The molecule has 0 aliphatic carbocycles. The van der Waals surface area contributed by atoms with Crippen LogP contribution in [0.4, 0.5) is 5.69 Å². The van der Waals surface area contributed by atoms with Gasteiger partial charge in [-0.3, -0.25) is 4.79 Å². The van der Waals surface area contributed by atoms with Gasteiger partial charge in [-0.25, -0.2) is 4.68 Å². The van der Waals surface area contributed by atoms with Crippen LogP contribution in [-0.2, 0) is 7.05 Å². The molecule has 19 heavy (non-hydrogen) atoms. The van der Waals surface area contributed by atoms with Crippen molar-refractivity contribution in [2.45, 2.75) is 4.90 Å². The molecule has 6 heteroatoms. The number of hydrogen-bond donors (Lipinski definition) is 1. The fraction of sp³-hybridized carbons (Fsp3) is 0.231. The second-order valence-electron chi connectivity index (χ2n) is 3.89. The van der Waals surface area contributed by atoms with Crippen LogP contribution in [0.1, 0.15) is 0 Å². The lowest BCUT2D eigenvalue weighted by molar-refractivity contribution is 0.703. The zero-order valence-corrected chi connectivity index (χ0v) is 12.9. The Bertz CT molecular complexity index is 601. The molecule has 0 aliphatic rings. The summed E-state index contributed by atoms with van der Waals surface area (Å²) >= 11 is 5.06. The zero-order chi connectivity index (χ0) is 13.7. The molecule has 1 N–H and O–H groups in total. The maximum absolute atomic E-state index is 11.7. The van der Waals surface area contributed by atoms with Crippen molar-refractivity contribution < 1.29 is 0 Å². The largest absolute Gasteiger partial charge is 0.382 e. The molecule has 1 heterocycles. The Morgan fingerprint density at radius 3 is 2.84 bits per heavy atom. The Morgan fingerprint density at radius 2 is 2.11 bits per heavy atom. The first-order valence-corrected chi connectivity index (χ1v) is 7.60. The van der Waals surface area contributed by atoms with Crippen molar-refractivity contribution in [3.05, 3.63) is 51.4 Å². The van der Waals surface area contributed by atoms with Crippen LogP contribution in [0.5, 0.6) is 0 Å². The fourth-order valence-corrected chi connectivity index (χ4v) is 2.79. The maximum atomic E-state index is 11.7. The van der Waals surface area contributed by atoms with Gasteiger partial charge in [-0.05, 0) is 28.1 Å². The second kappa shape index (κ2) is 6.77. The Labute approximate surface area is 124 Å². The first-order chi connectivity index (χ1) is 9.18. The predicted molar refractivity (Wildman–Crippen MR) is 82.8 cm³/mol. The van der Waals surface area contributed by atoms with Gasteiger partial charge in [-0.15, -0.1) is 11.8 Å². The van der Waals surface area contributed by atoms with Gasteiger partial charge in [-0.2, -0.15) is 5.10 Å². The van der Waals surface area contributed by atoms with Crippen molar-refractivity contribution in [3.8, 4) is 0 Å². The average Bonchev–Trinajstić information content (AvgIpc) is 2.44. The van der Waals surface area contributed by atoms with Gasteiger partial charge in [0.25, 0.3) is 5.56 Å². The highest BCUT2D eigenvalue weighted by Gasteiger charge is 2.05. The van der Waals surface area contributed by atoms with E-state index in [1.165, 1.54) is 9.58 Å². The molecule has 0 bridgehead atoms. The van der Waals surface area contributed by atoms with Crippen molar-refractivity contribution in [3.63, 3.8) is 0 Å².